The number of hydrogen-bond donors (Lipinski definition) is 2. The fourth-order valence-corrected chi connectivity index (χ4v) is 2.96. The van der Waals surface area contributed by atoms with Crippen LogP contribution in [0.5, 0.6) is 0 Å². The second-order valence-electron chi connectivity index (χ2n) is 4.67. The normalized spacial score (nSPS) is 16.3. The first-order chi connectivity index (χ1) is 9.29. The molecule has 1 fully saturated rings. The van der Waals surface area contributed by atoms with Gasteiger partial charge in [0.15, 0.2) is 5.13 Å². The number of hydrogen-bond acceptors (Lipinski definition) is 4. The summed E-state index contributed by atoms with van der Waals surface area (Å²) in [4.78, 5) is 17.0. The van der Waals surface area contributed by atoms with Crippen LogP contribution in [-0.4, -0.2) is 22.6 Å². The molecule has 0 spiro atoms. The zero-order chi connectivity index (χ0) is 13.5. The van der Waals surface area contributed by atoms with Gasteiger partial charge in [-0.25, -0.2) is 4.98 Å². The zero-order valence-corrected chi connectivity index (χ0v) is 11.6. The smallest absolute Gasteiger partial charge is 0.229 e. The number of anilines is 1. The van der Waals surface area contributed by atoms with Crippen molar-refractivity contribution in [1.29, 1.82) is 0 Å². The Morgan fingerprint density at radius 2 is 2.16 bits per heavy atom. The highest BCUT2D eigenvalue weighted by atomic mass is 32.1. The van der Waals surface area contributed by atoms with Gasteiger partial charge in [-0.05, 0) is 12.8 Å². The van der Waals surface area contributed by atoms with Crippen LogP contribution in [0.1, 0.15) is 43.4 Å². The van der Waals surface area contributed by atoms with Gasteiger partial charge in [0, 0.05) is 5.92 Å². The quantitative estimate of drug-likeness (QED) is 0.645. The van der Waals surface area contributed by atoms with E-state index in [4.69, 9.17) is 5.11 Å². The molecule has 1 amide bonds. The summed E-state index contributed by atoms with van der Waals surface area (Å²) in [5.74, 6) is 5.55. The van der Waals surface area contributed by atoms with E-state index in [1.54, 1.807) is 6.20 Å². The minimum Gasteiger partial charge on any atom is -0.384 e. The van der Waals surface area contributed by atoms with Crippen molar-refractivity contribution in [2.75, 3.05) is 11.9 Å². The van der Waals surface area contributed by atoms with Crippen molar-refractivity contribution >= 4 is 22.4 Å². The molecule has 1 saturated carbocycles. The predicted molar refractivity (Wildman–Crippen MR) is 75.9 cm³/mol. The van der Waals surface area contributed by atoms with Gasteiger partial charge < -0.3 is 10.4 Å². The Hall–Kier alpha value is -1.38. The zero-order valence-electron chi connectivity index (χ0n) is 10.8. The van der Waals surface area contributed by atoms with Gasteiger partial charge in [-0.2, -0.15) is 0 Å². The van der Waals surface area contributed by atoms with Crippen molar-refractivity contribution in [2.45, 2.75) is 38.5 Å². The third-order valence-electron chi connectivity index (χ3n) is 3.25. The van der Waals surface area contributed by atoms with E-state index >= 15 is 0 Å². The minimum absolute atomic E-state index is 0.0814. The maximum Gasteiger partial charge on any atom is 0.229 e. The van der Waals surface area contributed by atoms with Gasteiger partial charge in [-0.15, -0.1) is 0 Å². The summed E-state index contributed by atoms with van der Waals surface area (Å²) in [6, 6.07) is 0. The summed E-state index contributed by atoms with van der Waals surface area (Å²) in [5, 5.41) is 12.1. The van der Waals surface area contributed by atoms with Crippen molar-refractivity contribution in [3.63, 3.8) is 0 Å². The average Bonchev–Trinajstić information content (AvgIpc) is 2.68. The highest BCUT2D eigenvalue weighted by molar-refractivity contribution is 7.16. The average molecular weight is 278 g/mol. The number of aliphatic hydroxyl groups is 1. The first-order valence-electron chi connectivity index (χ1n) is 6.66. The van der Waals surface area contributed by atoms with Gasteiger partial charge in [0.25, 0.3) is 0 Å². The Morgan fingerprint density at radius 1 is 1.42 bits per heavy atom. The van der Waals surface area contributed by atoms with Gasteiger partial charge in [0.05, 0.1) is 11.1 Å². The molecule has 0 atom stereocenters. The molecule has 1 aromatic rings. The van der Waals surface area contributed by atoms with E-state index in [0.29, 0.717) is 5.13 Å². The lowest BCUT2D eigenvalue weighted by molar-refractivity contribution is -0.120. The SMILES string of the molecule is O=C(Nc1ncc(C#CCO)s1)C1CCCCCC1. The molecule has 19 heavy (non-hydrogen) atoms. The summed E-state index contributed by atoms with van der Waals surface area (Å²) in [6.45, 7) is -0.165. The number of carbonyl (C=O) groups is 1. The van der Waals surface area contributed by atoms with E-state index in [-0.39, 0.29) is 18.4 Å². The number of rotatable bonds is 2. The molecule has 1 heterocycles. The largest absolute Gasteiger partial charge is 0.384 e. The Bertz CT molecular complexity index is 479. The number of nitrogens with zero attached hydrogens (tertiary/aromatic N) is 1. The van der Waals surface area contributed by atoms with E-state index < -0.39 is 0 Å². The molecule has 0 saturated heterocycles. The van der Waals surface area contributed by atoms with Crippen molar-refractivity contribution in [1.82, 2.24) is 4.98 Å². The standard InChI is InChI=1S/C14H18N2O2S/c17-9-5-8-12-10-15-14(19-12)16-13(18)11-6-3-1-2-4-7-11/h10-11,17H,1-4,6-7,9H2,(H,15,16,18). The molecular formula is C14H18N2O2S. The second-order valence-corrected chi connectivity index (χ2v) is 5.70. The van der Waals surface area contributed by atoms with Crippen LogP contribution in [0, 0.1) is 17.8 Å². The molecule has 0 bridgehead atoms. The molecule has 0 aliphatic heterocycles. The summed E-state index contributed by atoms with van der Waals surface area (Å²) in [7, 11) is 0. The van der Waals surface area contributed by atoms with E-state index in [0.717, 1.165) is 30.6 Å². The Morgan fingerprint density at radius 3 is 2.84 bits per heavy atom. The second kappa shape index (κ2) is 7.27. The van der Waals surface area contributed by atoms with Crippen LogP contribution in [0.25, 0.3) is 0 Å². The predicted octanol–water partition coefficient (Wildman–Crippen LogP) is 2.40. The van der Waals surface area contributed by atoms with Crippen molar-refractivity contribution in [3.05, 3.63) is 11.1 Å². The summed E-state index contributed by atoms with van der Waals surface area (Å²) in [6.07, 6.45) is 8.34. The van der Waals surface area contributed by atoms with Gasteiger partial charge >= 0.3 is 0 Å². The molecule has 0 radical (unpaired) electrons. The number of carbonyl (C=O) groups excluding carboxylic acids is 1. The van der Waals surface area contributed by atoms with E-state index in [9.17, 15) is 4.79 Å². The van der Waals surface area contributed by atoms with E-state index in [1.165, 1.54) is 24.2 Å². The monoisotopic (exact) mass is 278 g/mol. The number of aromatic nitrogens is 1. The highest BCUT2D eigenvalue weighted by Gasteiger charge is 2.20. The van der Waals surface area contributed by atoms with Crippen LogP contribution >= 0.6 is 11.3 Å². The maximum atomic E-state index is 12.1. The number of nitrogens with one attached hydrogen (secondary N) is 1. The molecule has 2 N–H and O–H groups in total. The van der Waals surface area contributed by atoms with E-state index in [2.05, 4.69) is 22.1 Å². The third-order valence-corrected chi connectivity index (χ3v) is 4.08. The van der Waals surface area contributed by atoms with Crippen molar-refractivity contribution < 1.29 is 9.90 Å². The topological polar surface area (TPSA) is 62.2 Å². The lowest BCUT2D eigenvalue weighted by Gasteiger charge is -2.12. The van der Waals surface area contributed by atoms with Crippen LogP contribution in [-0.2, 0) is 4.79 Å². The summed E-state index contributed by atoms with van der Waals surface area (Å²) < 4.78 is 0. The van der Waals surface area contributed by atoms with Crippen LogP contribution in [0.4, 0.5) is 5.13 Å². The van der Waals surface area contributed by atoms with Gasteiger partial charge in [-0.3, -0.25) is 4.79 Å². The number of thiazole rings is 1. The lowest BCUT2D eigenvalue weighted by atomic mass is 10.00. The molecule has 0 unspecified atom stereocenters. The van der Waals surface area contributed by atoms with Crippen molar-refractivity contribution in [3.8, 4) is 11.8 Å². The Kier molecular flexibility index (Phi) is 5.37. The molecule has 0 aromatic carbocycles. The maximum absolute atomic E-state index is 12.1. The minimum atomic E-state index is -0.165. The van der Waals surface area contributed by atoms with Crippen LogP contribution in [0.3, 0.4) is 0 Å². The fourth-order valence-electron chi connectivity index (χ4n) is 2.27. The van der Waals surface area contributed by atoms with E-state index in [1.807, 2.05) is 0 Å². The highest BCUT2D eigenvalue weighted by Crippen LogP contribution is 2.25. The Labute approximate surface area is 117 Å². The molecule has 1 aromatic heterocycles. The molecular weight excluding hydrogens is 260 g/mol. The molecule has 102 valence electrons. The van der Waals surface area contributed by atoms with Crippen LogP contribution in [0.2, 0.25) is 0 Å². The Balaban J connectivity index is 1.92. The lowest BCUT2D eigenvalue weighted by Crippen LogP contribution is -2.22. The molecule has 2 rings (SSSR count). The van der Waals surface area contributed by atoms with Crippen molar-refractivity contribution in [2.24, 2.45) is 5.92 Å². The van der Waals surface area contributed by atoms with Gasteiger partial charge in [0.2, 0.25) is 5.91 Å². The summed E-state index contributed by atoms with van der Waals surface area (Å²) >= 11 is 1.34. The molecule has 1 aliphatic rings. The summed E-state index contributed by atoms with van der Waals surface area (Å²) in [5.41, 5.74) is 0. The van der Waals surface area contributed by atoms with Crippen LogP contribution in [0.15, 0.2) is 6.20 Å². The molecule has 4 nitrogen and oxygen atoms in total. The molecule has 5 heteroatoms. The fraction of sp³-hybridized carbons (Fsp3) is 0.571. The number of aliphatic hydroxyl groups excluding tert-OH is 1. The number of amides is 1. The van der Waals surface area contributed by atoms with Gasteiger partial charge in [0.1, 0.15) is 6.61 Å². The first-order valence-corrected chi connectivity index (χ1v) is 7.47. The molecule has 1 aliphatic carbocycles. The van der Waals surface area contributed by atoms with Gasteiger partial charge in [-0.1, -0.05) is 48.9 Å². The van der Waals surface area contributed by atoms with Crippen LogP contribution < -0.4 is 5.32 Å². The first kappa shape index (κ1) is 14.0. The third kappa shape index (κ3) is 4.34.